The predicted molar refractivity (Wildman–Crippen MR) is 90.1 cm³/mol. The number of allylic oxidation sites excluding steroid dienone is 2. The molecule has 2 aromatic rings. The molecule has 0 bridgehead atoms. The lowest BCUT2D eigenvalue weighted by atomic mass is 10.1. The van der Waals surface area contributed by atoms with E-state index in [4.69, 9.17) is 9.05 Å². The first-order chi connectivity index (χ1) is 10.4. The first-order valence-electron chi connectivity index (χ1n) is 7.29. The molecule has 2 nitrogen and oxygen atoms in total. The zero-order valence-electron chi connectivity index (χ0n) is 12.1. The Labute approximate surface area is 128 Å². The Hall–Kier alpha value is -1.79. The fourth-order valence-corrected chi connectivity index (χ4v) is 2.36. The zero-order valence-corrected chi connectivity index (χ0v) is 13.1. The van der Waals surface area contributed by atoms with E-state index in [0.29, 0.717) is 0 Å². The molecule has 1 aliphatic rings. The highest BCUT2D eigenvalue weighted by molar-refractivity contribution is 7.27. The van der Waals surface area contributed by atoms with E-state index in [0.717, 1.165) is 11.5 Å². The van der Waals surface area contributed by atoms with Crippen LogP contribution >= 0.6 is 9.03 Å². The molecule has 0 N–H and O–H groups in total. The molecule has 0 amide bonds. The lowest BCUT2D eigenvalue weighted by Crippen LogP contribution is -1.83. The highest BCUT2D eigenvalue weighted by atomic mass is 31.1. The summed E-state index contributed by atoms with van der Waals surface area (Å²) in [7, 11) is -0.0129. The van der Waals surface area contributed by atoms with Crippen LogP contribution in [0.4, 0.5) is 0 Å². The van der Waals surface area contributed by atoms with Crippen LogP contribution in [0.5, 0.6) is 11.5 Å². The molecule has 0 aliphatic heterocycles. The van der Waals surface area contributed by atoms with E-state index >= 15 is 0 Å². The van der Waals surface area contributed by atoms with E-state index in [1.165, 1.54) is 25.7 Å². The van der Waals surface area contributed by atoms with Crippen molar-refractivity contribution in [2.24, 2.45) is 0 Å². The molecule has 3 heteroatoms. The minimum absolute atomic E-state index is 0.0129. The van der Waals surface area contributed by atoms with Gasteiger partial charge in [0, 0.05) is 0 Å². The second kappa shape index (κ2) is 10.0. The summed E-state index contributed by atoms with van der Waals surface area (Å²) in [4.78, 5) is 0. The first kappa shape index (κ1) is 15.6. The van der Waals surface area contributed by atoms with Crippen LogP contribution in [0.3, 0.4) is 0 Å². The largest absolute Gasteiger partial charge is 0.441 e. The van der Waals surface area contributed by atoms with Crippen molar-refractivity contribution >= 4 is 9.03 Å². The van der Waals surface area contributed by atoms with E-state index in [1.54, 1.807) is 0 Å². The second-order valence-corrected chi connectivity index (χ2v) is 5.24. The molecule has 21 heavy (non-hydrogen) atoms. The Morgan fingerprint density at radius 1 is 0.619 bits per heavy atom. The maximum atomic E-state index is 5.42. The van der Waals surface area contributed by atoms with E-state index < -0.39 is 0 Å². The van der Waals surface area contributed by atoms with Crippen molar-refractivity contribution in [2.45, 2.75) is 25.7 Å². The van der Waals surface area contributed by atoms with Gasteiger partial charge in [-0.1, -0.05) is 48.6 Å². The Kier molecular flexibility index (Phi) is 7.44. The van der Waals surface area contributed by atoms with Gasteiger partial charge in [0.25, 0.3) is 9.03 Å². The average molecular weight is 300 g/mol. The van der Waals surface area contributed by atoms with Crippen LogP contribution in [0.15, 0.2) is 72.8 Å². The third-order valence-electron chi connectivity index (χ3n) is 2.96. The quantitative estimate of drug-likeness (QED) is 0.527. The van der Waals surface area contributed by atoms with Crippen molar-refractivity contribution < 1.29 is 9.05 Å². The van der Waals surface area contributed by atoms with Gasteiger partial charge in [0.05, 0.1) is 0 Å². The van der Waals surface area contributed by atoms with Gasteiger partial charge in [-0.15, -0.1) is 0 Å². The maximum Gasteiger partial charge on any atom is 0.275 e. The van der Waals surface area contributed by atoms with Gasteiger partial charge < -0.3 is 9.05 Å². The van der Waals surface area contributed by atoms with Gasteiger partial charge in [0.15, 0.2) is 0 Å². The van der Waals surface area contributed by atoms with Crippen molar-refractivity contribution in [1.82, 2.24) is 0 Å². The van der Waals surface area contributed by atoms with E-state index in [1.807, 2.05) is 60.7 Å². The number of benzene rings is 2. The Morgan fingerprint density at radius 2 is 1.05 bits per heavy atom. The molecule has 0 radical (unpaired) electrons. The normalized spacial score (nSPS) is 13.0. The molecule has 2 aromatic carbocycles. The summed E-state index contributed by atoms with van der Waals surface area (Å²) in [5.41, 5.74) is 0. The summed E-state index contributed by atoms with van der Waals surface area (Å²) in [6, 6.07) is 19.3. The van der Waals surface area contributed by atoms with Gasteiger partial charge >= 0.3 is 0 Å². The molecule has 1 aliphatic carbocycles. The average Bonchev–Trinajstić information content (AvgIpc) is 2.59. The van der Waals surface area contributed by atoms with Crippen LogP contribution in [0.25, 0.3) is 0 Å². The van der Waals surface area contributed by atoms with Crippen molar-refractivity contribution in [3.05, 3.63) is 72.8 Å². The van der Waals surface area contributed by atoms with Crippen molar-refractivity contribution in [1.29, 1.82) is 0 Å². The summed E-state index contributed by atoms with van der Waals surface area (Å²) in [6.45, 7) is 0. The third-order valence-corrected chi connectivity index (χ3v) is 3.60. The lowest BCUT2D eigenvalue weighted by Gasteiger charge is -2.06. The molecule has 110 valence electrons. The summed E-state index contributed by atoms with van der Waals surface area (Å²) in [5, 5.41) is 0. The fourth-order valence-electron chi connectivity index (χ4n) is 1.85. The molecule has 0 fully saturated rings. The number of rotatable bonds is 4. The van der Waals surface area contributed by atoms with Crippen LogP contribution in [0.1, 0.15) is 25.7 Å². The van der Waals surface area contributed by atoms with Crippen LogP contribution in [0, 0.1) is 0 Å². The van der Waals surface area contributed by atoms with Crippen LogP contribution in [-0.4, -0.2) is 0 Å². The summed E-state index contributed by atoms with van der Waals surface area (Å²) in [5.74, 6) is 1.65. The summed E-state index contributed by atoms with van der Waals surface area (Å²) in [6.07, 6.45) is 10.0. The number of para-hydroxylation sites is 2. The predicted octanol–water partition coefficient (Wildman–Crippen LogP) is 5.77. The molecular weight excluding hydrogens is 279 g/mol. The smallest absolute Gasteiger partial charge is 0.275 e. The highest BCUT2D eigenvalue weighted by Crippen LogP contribution is 2.23. The van der Waals surface area contributed by atoms with Gasteiger partial charge in [0.1, 0.15) is 11.5 Å². The zero-order chi connectivity index (χ0) is 14.6. The molecule has 3 rings (SSSR count). The molecule has 0 spiro atoms. The van der Waals surface area contributed by atoms with Crippen molar-refractivity contribution in [3.63, 3.8) is 0 Å². The highest BCUT2D eigenvalue weighted by Gasteiger charge is 1.93. The standard InChI is InChI=1S/C12H11O2P.C6H10/c1-3-7-11(8-4-1)13-15-14-12-9-5-2-6-10-12;1-2-4-6-5-3-1/h1-10,15H;1-2H,3-6H2. The lowest BCUT2D eigenvalue weighted by molar-refractivity contribution is 0.516. The van der Waals surface area contributed by atoms with Gasteiger partial charge in [0.2, 0.25) is 0 Å². The molecule has 0 saturated heterocycles. The van der Waals surface area contributed by atoms with Crippen molar-refractivity contribution in [3.8, 4) is 11.5 Å². The van der Waals surface area contributed by atoms with Gasteiger partial charge in [-0.05, 0) is 49.9 Å². The van der Waals surface area contributed by atoms with Gasteiger partial charge in [-0.25, -0.2) is 0 Å². The SMILES string of the molecule is C1=CCCCC1.c1ccc(OPOc2ccccc2)cc1. The fraction of sp³-hybridized carbons (Fsp3) is 0.222. The van der Waals surface area contributed by atoms with Crippen LogP contribution < -0.4 is 9.05 Å². The Morgan fingerprint density at radius 3 is 1.38 bits per heavy atom. The van der Waals surface area contributed by atoms with Gasteiger partial charge in [-0.3, -0.25) is 0 Å². The summed E-state index contributed by atoms with van der Waals surface area (Å²) < 4.78 is 10.8. The number of hydrogen-bond donors (Lipinski definition) is 0. The topological polar surface area (TPSA) is 18.5 Å². The Bertz CT molecular complexity index is 464. The molecular formula is C18H21O2P. The molecule has 0 saturated carbocycles. The molecule has 0 aromatic heterocycles. The minimum Gasteiger partial charge on any atom is -0.441 e. The monoisotopic (exact) mass is 300 g/mol. The summed E-state index contributed by atoms with van der Waals surface area (Å²) >= 11 is 0. The third kappa shape index (κ3) is 6.97. The Balaban J connectivity index is 0.000000225. The second-order valence-electron chi connectivity index (χ2n) is 4.67. The minimum atomic E-state index is -0.0129. The molecule has 0 atom stereocenters. The van der Waals surface area contributed by atoms with E-state index in [-0.39, 0.29) is 9.03 Å². The van der Waals surface area contributed by atoms with Crippen molar-refractivity contribution in [2.75, 3.05) is 0 Å². The maximum absolute atomic E-state index is 5.42. The number of hydrogen-bond acceptors (Lipinski definition) is 2. The molecule has 0 unspecified atom stereocenters. The van der Waals surface area contributed by atoms with Crippen LogP contribution in [0.2, 0.25) is 0 Å². The van der Waals surface area contributed by atoms with Gasteiger partial charge in [-0.2, -0.15) is 0 Å². The van der Waals surface area contributed by atoms with E-state index in [9.17, 15) is 0 Å². The van der Waals surface area contributed by atoms with Crippen LogP contribution in [-0.2, 0) is 0 Å². The molecule has 0 heterocycles. The van der Waals surface area contributed by atoms with E-state index in [2.05, 4.69) is 12.2 Å². The first-order valence-corrected chi connectivity index (χ1v) is 8.10.